The number of nitrogens with one attached hydrogen (secondary N) is 2. The third-order valence-electron chi connectivity index (χ3n) is 3.24. The lowest BCUT2D eigenvalue weighted by Gasteiger charge is -2.14. The molecule has 6 heteroatoms. The Morgan fingerprint density at radius 1 is 1.25 bits per heavy atom. The van der Waals surface area contributed by atoms with E-state index in [-0.39, 0.29) is 24.0 Å². The molecule has 24 heavy (non-hydrogen) atoms. The Hall–Kier alpha value is -1.96. The van der Waals surface area contributed by atoms with Crippen molar-refractivity contribution in [3.8, 4) is 5.75 Å². The molecule has 0 aliphatic rings. The van der Waals surface area contributed by atoms with Crippen LogP contribution in [0, 0.1) is 0 Å². The van der Waals surface area contributed by atoms with Crippen LogP contribution in [0.25, 0.3) is 0 Å². The minimum Gasteiger partial charge on any atom is -0.489 e. The van der Waals surface area contributed by atoms with Crippen LogP contribution in [0.1, 0.15) is 11.3 Å². The van der Waals surface area contributed by atoms with Gasteiger partial charge in [0.15, 0.2) is 5.96 Å². The zero-order valence-corrected chi connectivity index (χ0v) is 16.2. The molecule has 0 unspecified atom stereocenters. The van der Waals surface area contributed by atoms with Gasteiger partial charge in [-0.3, -0.25) is 4.99 Å². The zero-order chi connectivity index (χ0) is 16.3. The van der Waals surface area contributed by atoms with E-state index in [0.717, 1.165) is 36.0 Å². The van der Waals surface area contributed by atoms with Gasteiger partial charge in [0.1, 0.15) is 18.1 Å². The van der Waals surface area contributed by atoms with Crippen molar-refractivity contribution in [2.45, 2.75) is 13.0 Å². The van der Waals surface area contributed by atoms with Gasteiger partial charge < -0.3 is 19.8 Å². The summed E-state index contributed by atoms with van der Waals surface area (Å²) in [5.74, 6) is 2.55. The summed E-state index contributed by atoms with van der Waals surface area (Å²) < 4.78 is 11.0. The van der Waals surface area contributed by atoms with Gasteiger partial charge in [0, 0.05) is 32.1 Å². The van der Waals surface area contributed by atoms with E-state index in [9.17, 15) is 0 Å². The second-order valence-corrected chi connectivity index (χ2v) is 4.89. The van der Waals surface area contributed by atoms with Gasteiger partial charge in [-0.1, -0.05) is 30.9 Å². The number of hydrogen-bond acceptors (Lipinski definition) is 3. The van der Waals surface area contributed by atoms with Crippen LogP contribution in [-0.2, 0) is 13.0 Å². The number of aliphatic imine (C=N–C) groups is 1. The molecule has 0 saturated heterocycles. The van der Waals surface area contributed by atoms with Gasteiger partial charge in [-0.2, -0.15) is 0 Å². The topological polar surface area (TPSA) is 58.8 Å². The van der Waals surface area contributed by atoms with Crippen molar-refractivity contribution in [2.75, 3.05) is 20.2 Å². The standard InChI is InChI=1S/C18H23N3O2.HI/c1-3-12-23-17-9-5-4-7-15(17)14-21-18(19-2)20-11-10-16-8-6-13-22-16;/h3-9,13H,1,10-12,14H2,2H3,(H2,19,20,21);1H. The maximum Gasteiger partial charge on any atom is 0.191 e. The third-order valence-corrected chi connectivity index (χ3v) is 3.24. The lowest BCUT2D eigenvalue weighted by molar-refractivity contribution is 0.358. The fourth-order valence-electron chi connectivity index (χ4n) is 2.10. The molecule has 1 aromatic carbocycles. The van der Waals surface area contributed by atoms with E-state index in [1.54, 1.807) is 19.4 Å². The van der Waals surface area contributed by atoms with Gasteiger partial charge in [0.2, 0.25) is 0 Å². The Kier molecular flexibility index (Phi) is 9.67. The Labute approximate surface area is 160 Å². The molecule has 0 amide bonds. The highest BCUT2D eigenvalue weighted by Gasteiger charge is 2.04. The van der Waals surface area contributed by atoms with Gasteiger partial charge in [-0.25, -0.2) is 0 Å². The van der Waals surface area contributed by atoms with Gasteiger partial charge in [0.05, 0.1) is 6.26 Å². The maximum absolute atomic E-state index is 5.65. The van der Waals surface area contributed by atoms with Crippen LogP contribution in [-0.4, -0.2) is 26.2 Å². The van der Waals surface area contributed by atoms with Gasteiger partial charge in [-0.05, 0) is 18.2 Å². The summed E-state index contributed by atoms with van der Waals surface area (Å²) in [4.78, 5) is 4.22. The van der Waals surface area contributed by atoms with E-state index in [2.05, 4.69) is 22.2 Å². The van der Waals surface area contributed by atoms with Crippen molar-refractivity contribution in [3.05, 3.63) is 66.6 Å². The van der Waals surface area contributed by atoms with Gasteiger partial charge in [0.25, 0.3) is 0 Å². The molecule has 0 saturated carbocycles. The number of furan rings is 1. The smallest absolute Gasteiger partial charge is 0.191 e. The summed E-state index contributed by atoms with van der Waals surface area (Å²) in [5, 5.41) is 6.55. The van der Waals surface area contributed by atoms with Crippen molar-refractivity contribution < 1.29 is 9.15 Å². The molecule has 0 aliphatic carbocycles. The molecular weight excluding hydrogens is 417 g/mol. The summed E-state index contributed by atoms with van der Waals surface area (Å²) in [6, 6.07) is 11.8. The first kappa shape index (κ1) is 20.1. The molecule has 5 nitrogen and oxygen atoms in total. The molecule has 0 atom stereocenters. The second kappa shape index (κ2) is 11.6. The molecule has 1 heterocycles. The number of halogens is 1. The first-order chi connectivity index (χ1) is 11.3. The number of hydrogen-bond donors (Lipinski definition) is 2. The number of rotatable bonds is 8. The molecule has 0 spiro atoms. The summed E-state index contributed by atoms with van der Waals surface area (Å²) in [7, 11) is 1.75. The minimum absolute atomic E-state index is 0. The Morgan fingerprint density at radius 2 is 2.08 bits per heavy atom. The fraction of sp³-hybridized carbons (Fsp3) is 0.278. The van der Waals surface area contributed by atoms with E-state index < -0.39 is 0 Å². The van der Waals surface area contributed by atoms with E-state index in [4.69, 9.17) is 9.15 Å². The van der Waals surface area contributed by atoms with E-state index in [1.807, 2.05) is 36.4 Å². The highest BCUT2D eigenvalue weighted by Crippen LogP contribution is 2.17. The molecule has 2 aromatic rings. The molecule has 2 rings (SSSR count). The van der Waals surface area contributed by atoms with E-state index in [0.29, 0.717) is 13.2 Å². The highest BCUT2D eigenvalue weighted by molar-refractivity contribution is 14.0. The fourth-order valence-corrected chi connectivity index (χ4v) is 2.10. The first-order valence-electron chi connectivity index (χ1n) is 7.62. The average molecular weight is 441 g/mol. The Bertz CT molecular complexity index is 627. The summed E-state index contributed by atoms with van der Waals surface area (Å²) in [6.45, 7) is 5.55. The van der Waals surface area contributed by atoms with Crippen LogP contribution < -0.4 is 15.4 Å². The van der Waals surface area contributed by atoms with Crippen LogP contribution in [0.5, 0.6) is 5.75 Å². The van der Waals surface area contributed by atoms with Crippen molar-refractivity contribution >= 4 is 29.9 Å². The molecule has 0 fully saturated rings. The SMILES string of the molecule is C=CCOc1ccccc1CNC(=NC)NCCc1ccco1.I. The summed E-state index contributed by atoms with van der Waals surface area (Å²) >= 11 is 0. The van der Waals surface area contributed by atoms with Crippen molar-refractivity contribution in [3.63, 3.8) is 0 Å². The van der Waals surface area contributed by atoms with E-state index >= 15 is 0 Å². The zero-order valence-electron chi connectivity index (χ0n) is 13.8. The van der Waals surface area contributed by atoms with Crippen molar-refractivity contribution in [1.82, 2.24) is 10.6 Å². The number of nitrogens with zero attached hydrogens (tertiary/aromatic N) is 1. The highest BCUT2D eigenvalue weighted by atomic mass is 127. The molecule has 130 valence electrons. The van der Waals surface area contributed by atoms with E-state index in [1.165, 1.54) is 0 Å². The van der Waals surface area contributed by atoms with Crippen LogP contribution in [0.3, 0.4) is 0 Å². The predicted octanol–water partition coefficient (Wildman–Crippen LogP) is 3.37. The van der Waals surface area contributed by atoms with Crippen molar-refractivity contribution in [2.24, 2.45) is 4.99 Å². The predicted molar refractivity (Wildman–Crippen MR) is 108 cm³/mol. The molecule has 0 radical (unpaired) electrons. The molecule has 0 aliphatic heterocycles. The van der Waals surface area contributed by atoms with Crippen LogP contribution in [0.4, 0.5) is 0 Å². The number of para-hydroxylation sites is 1. The normalized spacial score (nSPS) is 10.6. The number of guanidine groups is 1. The monoisotopic (exact) mass is 441 g/mol. The summed E-state index contributed by atoms with van der Waals surface area (Å²) in [6.07, 6.45) is 4.23. The molecule has 2 N–H and O–H groups in total. The van der Waals surface area contributed by atoms with Crippen molar-refractivity contribution in [1.29, 1.82) is 0 Å². The lowest BCUT2D eigenvalue weighted by Crippen LogP contribution is -2.37. The first-order valence-corrected chi connectivity index (χ1v) is 7.62. The minimum atomic E-state index is 0. The number of ether oxygens (including phenoxy) is 1. The second-order valence-electron chi connectivity index (χ2n) is 4.89. The summed E-state index contributed by atoms with van der Waals surface area (Å²) in [5.41, 5.74) is 1.07. The molecule has 0 bridgehead atoms. The molecular formula is C18H24IN3O2. The lowest BCUT2D eigenvalue weighted by atomic mass is 10.2. The average Bonchev–Trinajstić information content (AvgIpc) is 3.10. The Morgan fingerprint density at radius 3 is 2.79 bits per heavy atom. The maximum atomic E-state index is 5.65. The molecule has 1 aromatic heterocycles. The number of benzene rings is 1. The van der Waals surface area contributed by atoms with Crippen LogP contribution in [0.2, 0.25) is 0 Å². The largest absolute Gasteiger partial charge is 0.489 e. The quantitative estimate of drug-likeness (QED) is 0.286. The van der Waals surface area contributed by atoms with Crippen LogP contribution >= 0.6 is 24.0 Å². The van der Waals surface area contributed by atoms with Gasteiger partial charge >= 0.3 is 0 Å². The van der Waals surface area contributed by atoms with Gasteiger partial charge in [-0.15, -0.1) is 24.0 Å². The Balaban J connectivity index is 0.00000288. The van der Waals surface area contributed by atoms with Crippen LogP contribution in [0.15, 0.2) is 64.7 Å². The third kappa shape index (κ3) is 6.66.